The van der Waals surface area contributed by atoms with Crippen molar-refractivity contribution in [2.45, 2.75) is 92.3 Å². The van der Waals surface area contributed by atoms with E-state index in [9.17, 15) is 4.79 Å². The lowest BCUT2D eigenvalue weighted by molar-refractivity contribution is 0.00637. The van der Waals surface area contributed by atoms with Gasteiger partial charge < -0.3 is 15.0 Å². The number of rotatable bonds is 7. The molecule has 1 unspecified atom stereocenters. The monoisotopic (exact) mass is 314 g/mol. The van der Waals surface area contributed by atoms with Crippen LogP contribution in [0.1, 0.15) is 75.2 Å². The quantitative estimate of drug-likeness (QED) is 0.755. The molecule has 0 aliphatic carbocycles. The second kappa shape index (κ2) is 8.76. The summed E-state index contributed by atoms with van der Waals surface area (Å²) in [4.78, 5) is 14.2. The maximum absolute atomic E-state index is 12.4. The fourth-order valence-corrected chi connectivity index (χ4v) is 2.58. The van der Waals surface area contributed by atoms with Crippen molar-refractivity contribution in [2.75, 3.05) is 13.1 Å². The lowest BCUT2D eigenvalue weighted by Crippen LogP contribution is -2.51. The fourth-order valence-electron chi connectivity index (χ4n) is 2.58. The van der Waals surface area contributed by atoms with Gasteiger partial charge in [0.25, 0.3) is 0 Å². The molecule has 22 heavy (non-hydrogen) atoms. The molecule has 132 valence electrons. The van der Waals surface area contributed by atoms with Gasteiger partial charge in [0.05, 0.1) is 0 Å². The first-order valence-electron chi connectivity index (χ1n) is 8.66. The van der Waals surface area contributed by atoms with E-state index in [2.05, 4.69) is 26.1 Å². The highest BCUT2D eigenvalue weighted by Crippen LogP contribution is 2.18. The van der Waals surface area contributed by atoms with E-state index in [1.807, 2.05) is 46.4 Å². The highest BCUT2D eigenvalue weighted by Gasteiger charge is 2.30. The number of carbonyl (C=O) groups is 1. The summed E-state index contributed by atoms with van der Waals surface area (Å²) in [5.74, 6) is 0.685. The molecule has 0 bridgehead atoms. The lowest BCUT2D eigenvalue weighted by Gasteiger charge is -2.37. The van der Waals surface area contributed by atoms with E-state index in [4.69, 9.17) is 4.74 Å². The highest BCUT2D eigenvalue weighted by atomic mass is 16.6. The zero-order valence-electron chi connectivity index (χ0n) is 16.2. The summed E-state index contributed by atoms with van der Waals surface area (Å²) in [6, 6.07) is 0.468. The van der Waals surface area contributed by atoms with Crippen LogP contribution in [-0.2, 0) is 4.74 Å². The molecule has 0 fully saturated rings. The average molecular weight is 315 g/mol. The van der Waals surface area contributed by atoms with E-state index in [0.717, 1.165) is 6.54 Å². The number of carbonyl (C=O) groups excluding carboxylic acids is 1. The van der Waals surface area contributed by atoms with E-state index < -0.39 is 5.60 Å². The third-order valence-corrected chi connectivity index (χ3v) is 3.98. The van der Waals surface area contributed by atoms with E-state index in [0.29, 0.717) is 18.5 Å². The summed E-state index contributed by atoms with van der Waals surface area (Å²) in [5, 5.41) is 3.56. The number of nitrogens with zero attached hydrogens (tertiary/aromatic N) is 1. The molecule has 0 aromatic heterocycles. The van der Waals surface area contributed by atoms with Crippen molar-refractivity contribution in [3.05, 3.63) is 0 Å². The Balaban J connectivity index is 4.60. The molecule has 0 aromatic rings. The second-order valence-electron chi connectivity index (χ2n) is 8.12. The minimum absolute atomic E-state index is 0.239. The largest absolute Gasteiger partial charge is 0.444 e. The number of amides is 1. The van der Waals surface area contributed by atoms with E-state index in [1.165, 1.54) is 12.8 Å². The molecule has 1 N–H and O–H groups in total. The van der Waals surface area contributed by atoms with Crippen LogP contribution >= 0.6 is 0 Å². The second-order valence-corrected chi connectivity index (χ2v) is 8.12. The first-order valence-corrected chi connectivity index (χ1v) is 8.66. The highest BCUT2D eigenvalue weighted by molar-refractivity contribution is 5.69. The summed E-state index contributed by atoms with van der Waals surface area (Å²) in [5.41, 5.74) is -0.709. The summed E-state index contributed by atoms with van der Waals surface area (Å²) < 4.78 is 5.53. The van der Waals surface area contributed by atoms with Crippen molar-refractivity contribution >= 4 is 6.09 Å². The standard InChI is InChI=1S/C18H38N2O2/c1-10-15(11-2)14(3)19-12-13-20(17(4,5)6)16(21)22-18(7,8)9/h14-15,19H,10-13H2,1-9H3. The predicted molar refractivity (Wildman–Crippen MR) is 94.2 cm³/mol. The van der Waals surface area contributed by atoms with Crippen molar-refractivity contribution < 1.29 is 9.53 Å². The molecule has 1 atom stereocenters. The molecule has 0 rings (SSSR count). The molecule has 0 spiro atoms. The first kappa shape index (κ1) is 21.2. The number of ether oxygens (including phenoxy) is 1. The SMILES string of the molecule is CCC(CC)C(C)NCCN(C(=O)OC(C)(C)C)C(C)(C)C. The van der Waals surface area contributed by atoms with Gasteiger partial charge in [0.2, 0.25) is 0 Å². The summed E-state index contributed by atoms with van der Waals surface area (Å²) in [6.45, 7) is 20.0. The van der Waals surface area contributed by atoms with Crippen molar-refractivity contribution in [1.82, 2.24) is 10.2 Å². The molecule has 0 heterocycles. The van der Waals surface area contributed by atoms with Gasteiger partial charge in [-0.05, 0) is 54.4 Å². The number of hydrogen-bond donors (Lipinski definition) is 1. The Labute approximate surface area is 138 Å². The van der Waals surface area contributed by atoms with Gasteiger partial charge in [-0.15, -0.1) is 0 Å². The maximum Gasteiger partial charge on any atom is 0.410 e. The Hall–Kier alpha value is -0.770. The Morgan fingerprint density at radius 2 is 1.59 bits per heavy atom. The number of hydrogen-bond acceptors (Lipinski definition) is 3. The van der Waals surface area contributed by atoms with Gasteiger partial charge in [-0.3, -0.25) is 0 Å². The van der Waals surface area contributed by atoms with Crippen LogP contribution in [0, 0.1) is 5.92 Å². The molecule has 0 radical (unpaired) electrons. The lowest BCUT2D eigenvalue weighted by atomic mass is 9.95. The molecule has 0 saturated carbocycles. The third kappa shape index (κ3) is 8.02. The summed E-state index contributed by atoms with van der Waals surface area (Å²) in [6.07, 6.45) is 2.12. The summed E-state index contributed by atoms with van der Waals surface area (Å²) >= 11 is 0. The Bertz CT molecular complexity index is 325. The molecule has 0 aromatic carbocycles. The minimum atomic E-state index is -0.461. The van der Waals surface area contributed by atoms with Gasteiger partial charge in [-0.25, -0.2) is 4.79 Å². The van der Waals surface area contributed by atoms with Crippen LogP contribution < -0.4 is 5.32 Å². The molecular weight excluding hydrogens is 276 g/mol. The van der Waals surface area contributed by atoms with Crippen molar-refractivity contribution in [2.24, 2.45) is 5.92 Å². The van der Waals surface area contributed by atoms with E-state index in [-0.39, 0.29) is 11.6 Å². The zero-order chi connectivity index (χ0) is 17.6. The molecule has 0 aliphatic rings. The average Bonchev–Trinajstić information content (AvgIpc) is 2.32. The van der Waals surface area contributed by atoms with E-state index in [1.54, 1.807) is 0 Å². The van der Waals surface area contributed by atoms with Crippen LogP contribution in [0.5, 0.6) is 0 Å². The Morgan fingerprint density at radius 1 is 1.09 bits per heavy atom. The van der Waals surface area contributed by atoms with Crippen molar-refractivity contribution in [1.29, 1.82) is 0 Å². The van der Waals surface area contributed by atoms with Crippen molar-refractivity contribution in [3.63, 3.8) is 0 Å². The van der Waals surface area contributed by atoms with Gasteiger partial charge in [0, 0.05) is 24.7 Å². The summed E-state index contributed by atoms with van der Waals surface area (Å²) in [7, 11) is 0. The van der Waals surface area contributed by atoms with E-state index >= 15 is 0 Å². The van der Waals surface area contributed by atoms with Gasteiger partial charge in [-0.1, -0.05) is 26.7 Å². The molecule has 4 nitrogen and oxygen atoms in total. The Morgan fingerprint density at radius 3 is 1.95 bits per heavy atom. The Kier molecular flexibility index (Phi) is 8.45. The first-order chi connectivity index (χ1) is 9.92. The number of nitrogens with one attached hydrogen (secondary N) is 1. The zero-order valence-corrected chi connectivity index (χ0v) is 16.2. The normalized spacial score (nSPS) is 14.1. The topological polar surface area (TPSA) is 41.6 Å². The van der Waals surface area contributed by atoms with Crippen LogP contribution in [0.15, 0.2) is 0 Å². The van der Waals surface area contributed by atoms with Crippen molar-refractivity contribution in [3.8, 4) is 0 Å². The van der Waals surface area contributed by atoms with Crippen LogP contribution in [0.25, 0.3) is 0 Å². The van der Waals surface area contributed by atoms with Crippen LogP contribution in [-0.4, -0.2) is 41.3 Å². The fraction of sp³-hybridized carbons (Fsp3) is 0.944. The smallest absolute Gasteiger partial charge is 0.410 e. The molecule has 0 aliphatic heterocycles. The van der Waals surface area contributed by atoms with Gasteiger partial charge in [0.1, 0.15) is 5.60 Å². The molecule has 1 amide bonds. The maximum atomic E-state index is 12.4. The van der Waals surface area contributed by atoms with Gasteiger partial charge in [-0.2, -0.15) is 0 Å². The predicted octanol–water partition coefficient (Wildman–Crippen LogP) is 4.44. The van der Waals surface area contributed by atoms with Gasteiger partial charge >= 0.3 is 6.09 Å². The molecular formula is C18H38N2O2. The minimum Gasteiger partial charge on any atom is -0.444 e. The van der Waals surface area contributed by atoms with Gasteiger partial charge in [0.15, 0.2) is 0 Å². The van der Waals surface area contributed by atoms with Crippen LogP contribution in [0.2, 0.25) is 0 Å². The van der Waals surface area contributed by atoms with Crippen LogP contribution in [0.4, 0.5) is 4.79 Å². The molecule has 0 saturated heterocycles. The van der Waals surface area contributed by atoms with Crippen LogP contribution in [0.3, 0.4) is 0 Å². The third-order valence-electron chi connectivity index (χ3n) is 3.98. The molecule has 4 heteroatoms.